The van der Waals surface area contributed by atoms with Crippen LogP contribution in [0.25, 0.3) is 11.0 Å². The first-order chi connectivity index (χ1) is 8.46. The van der Waals surface area contributed by atoms with Crippen molar-refractivity contribution in [2.45, 2.75) is 12.6 Å². The molecule has 1 aromatic carbocycles. The number of ether oxygens (including phenoxy) is 1. The van der Waals surface area contributed by atoms with E-state index in [2.05, 4.69) is 9.97 Å². The maximum atomic E-state index is 12.0. The summed E-state index contributed by atoms with van der Waals surface area (Å²) < 4.78 is 40.8. The first kappa shape index (κ1) is 12.4. The largest absolute Gasteiger partial charge is 0.475 e. The van der Waals surface area contributed by atoms with Crippen molar-refractivity contribution in [3.63, 3.8) is 0 Å². The minimum absolute atomic E-state index is 0.0177. The third kappa shape index (κ3) is 2.99. The minimum Gasteiger partial charge on any atom is -0.475 e. The molecule has 0 fully saturated rings. The summed E-state index contributed by atoms with van der Waals surface area (Å²) in [7, 11) is 0. The lowest BCUT2D eigenvalue weighted by molar-refractivity contribution is -0.139. The number of aromatic nitrogens is 2. The normalized spacial score (nSPS) is 11.7. The molecule has 18 heavy (non-hydrogen) atoms. The van der Waals surface area contributed by atoms with Crippen LogP contribution in [-0.2, 0) is 0 Å². The molecular formula is C11H10F3N3O. The van der Waals surface area contributed by atoms with Crippen LogP contribution in [0.15, 0.2) is 24.3 Å². The maximum Gasteiger partial charge on any atom is 0.392 e. The molecule has 0 amide bonds. The second-order valence-electron chi connectivity index (χ2n) is 3.62. The van der Waals surface area contributed by atoms with Crippen molar-refractivity contribution in [3.05, 3.63) is 24.3 Å². The fourth-order valence-electron chi connectivity index (χ4n) is 1.37. The van der Waals surface area contributed by atoms with E-state index in [1.807, 2.05) is 0 Å². The van der Waals surface area contributed by atoms with Gasteiger partial charge in [0.15, 0.2) is 5.82 Å². The Morgan fingerprint density at radius 3 is 2.33 bits per heavy atom. The zero-order chi connectivity index (χ0) is 13.2. The summed E-state index contributed by atoms with van der Waals surface area (Å²) in [6, 6.07) is 6.89. The Bertz CT molecular complexity index is 557. The van der Waals surface area contributed by atoms with E-state index in [-0.39, 0.29) is 11.7 Å². The van der Waals surface area contributed by atoms with Crippen LogP contribution in [0.2, 0.25) is 0 Å². The van der Waals surface area contributed by atoms with Gasteiger partial charge in [-0.1, -0.05) is 12.1 Å². The second kappa shape index (κ2) is 4.67. The molecule has 7 heteroatoms. The van der Waals surface area contributed by atoms with E-state index in [1.54, 1.807) is 24.3 Å². The van der Waals surface area contributed by atoms with Crippen LogP contribution in [0.4, 0.5) is 19.0 Å². The smallest absolute Gasteiger partial charge is 0.392 e. The number of nitrogens with two attached hydrogens (primary N) is 1. The van der Waals surface area contributed by atoms with Gasteiger partial charge in [0.25, 0.3) is 5.88 Å². The van der Waals surface area contributed by atoms with Crippen molar-refractivity contribution in [3.8, 4) is 5.88 Å². The van der Waals surface area contributed by atoms with E-state index in [9.17, 15) is 13.2 Å². The van der Waals surface area contributed by atoms with Gasteiger partial charge >= 0.3 is 6.18 Å². The van der Waals surface area contributed by atoms with Crippen LogP contribution < -0.4 is 10.5 Å². The average Bonchev–Trinajstić information content (AvgIpc) is 2.28. The highest BCUT2D eigenvalue weighted by atomic mass is 19.4. The Hall–Kier alpha value is -2.05. The highest BCUT2D eigenvalue weighted by molar-refractivity contribution is 5.76. The van der Waals surface area contributed by atoms with Crippen molar-refractivity contribution in [1.29, 1.82) is 0 Å². The third-order valence-corrected chi connectivity index (χ3v) is 2.19. The van der Waals surface area contributed by atoms with E-state index in [1.165, 1.54) is 0 Å². The van der Waals surface area contributed by atoms with Gasteiger partial charge in [-0.25, -0.2) is 9.97 Å². The molecule has 1 aromatic heterocycles. The maximum absolute atomic E-state index is 12.0. The van der Waals surface area contributed by atoms with Gasteiger partial charge < -0.3 is 10.5 Å². The van der Waals surface area contributed by atoms with Gasteiger partial charge in [0.1, 0.15) is 0 Å². The number of benzene rings is 1. The molecule has 0 aliphatic heterocycles. The van der Waals surface area contributed by atoms with Crippen LogP contribution in [0.3, 0.4) is 0 Å². The van der Waals surface area contributed by atoms with Gasteiger partial charge in [0, 0.05) is 0 Å². The van der Waals surface area contributed by atoms with Crippen molar-refractivity contribution in [1.82, 2.24) is 9.97 Å². The van der Waals surface area contributed by atoms with Gasteiger partial charge in [0.05, 0.1) is 24.1 Å². The number of fused-ring (bicyclic) bond motifs is 1. The first-order valence-electron chi connectivity index (χ1n) is 5.17. The van der Waals surface area contributed by atoms with E-state index >= 15 is 0 Å². The van der Waals surface area contributed by atoms with Gasteiger partial charge in [-0.05, 0) is 12.1 Å². The predicted octanol–water partition coefficient (Wildman–Crippen LogP) is 2.54. The lowest BCUT2D eigenvalue weighted by Crippen LogP contribution is -2.14. The summed E-state index contributed by atoms with van der Waals surface area (Å²) in [6.07, 6.45) is -5.32. The Kier molecular flexibility index (Phi) is 3.22. The molecular weight excluding hydrogens is 247 g/mol. The first-order valence-corrected chi connectivity index (χ1v) is 5.17. The average molecular weight is 257 g/mol. The van der Waals surface area contributed by atoms with Crippen LogP contribution in [0.5, 0.6) is 5.88 Å². The number of alkyl halides is 3. The molecule has 96 valence electrons. The SMILES string of the molecule is Nc1nc2ccccc2nc1OCCC(F)(F)F. The highest BCUT2D eigenvalue weighted by Gasteiger charge is 2.27. The molecule has 0 atom stereocenters. The summed E-state index contributed by atoms with van der Waals surface area (Å²) in [4.78, 5) is 8.02. The van der Waals surface area contributed by atoms with Crippen LogP contribution in [-0.4, -0.2) is 22.8 Å². The quantitative estimate of drug-likeness (QED) is 0.917. The van der Waals surface area contributed by atoms with Crippen molar-refractivity contribution < 1.29 is 17.9 Å². The summed E-state index contributed by atoms with van der Waals surface area (Å²) in [5.74, 6) is -0.0891. The van der Waals surface area contributed by atoms with Crippen molar-refractivity contribution >= 4 is 16.9 Å². The van der Waals surface area contributed by atoms with Crippen molar-refractivity contribution in [2.75, 3.05) is 12.3 Å². The minimum atomic E-state index is -4.26. The number of nitrogen functional groups attached to an aromatic ring is 1. The van der Waals surface area contributed by atoms with Gasteiger partial charge in [-0.2, -0.15) is 13.2 Å². The Morgan fingerprint density at radius 1 is 1.11 bits per heavy atom. The Balaban J connectivity index is 2.15. The van der Waals surface area contributed by atoms with Crippen molar-refractivity contribution in [2.24, 2.45) is 0 Å². The van der Waals surface area contributed by atoms with Gasteiger partial charge in [0.2, 0.25) is 0 Å². The molecule has 0 saturated carbocycles. The second-order valence-corrected chi connectivity index (χ2v) is 3.62. The summed E-state index contributed by atoms with van der Waals surface area (Å²) in [6.45, 7) is -0.527. The molecule has 2 aromatic rings. The van der Waals surface area contributed by atoms with E-state index in [0.717, 1.165) is 0 Å². The Morgan fingerprint density at radius 2 is 1.72 bits per heavy atom. The molecule has 0 unspecified atom stereocenters. The monoisotopic (exact) mass is 257 g/mol. The zero-order valence-electron chi connectivity index (χ0n) is 9.24. The van der Waals surface area contributed by atoms with Crippen LogP contribution >= 0.6 is 0 Å². The summed E-state index contributed by atoms with van der Waals surface area (Å²) >= 11 is 0. The van der Waals surface area contributed by atoms with Gasteiger partial charge in [-0.3, -0.25) is 0 Å². The van der Waals surface area contributed by atoms with Crippen LogP contribution in [0.1, 0.15) is 6.42 Å². The lowest BCUT2D eigenvalue weighted by Gasteiger charge is -2.09. The third-order valence-electron chi connectivity index (χ3n) is 2.19. The van der Waals surface area contributed by atoms with Gasteiger partial charge in [-0.15, -0.1) is 0 Å². The summed E-state index contributed by atoms with van der Waals surface area (Å²) in [5.41, 5.74) is 6.65. The summed E-state index contributed by atoms with van der Waals surface area (Å²) in [5, 5.41) is 0. The molecule has 0 radical (unpaired) electrons. The number of nitrogens with zero attached hydrogens (tertiary/aromatic N) is 2. The molecule has 0 aliphatic rings. The molecule has 2 rings (SSSR count). The predicted molar refractivity (Wildman–Crippen MR) is 60.1 cm³/mol. The number of anilines is 1. The zero-order valence-corrected chi connectivity index (χ0v) is 9.24. The van der Waals surface area contributed by atoms with E-state index in [0.29, 0.717) is 11.0 Å². The molecule has 1 heterocycles. The highest BCUT2D eigenvalue weighted by Crippen LogP contribution is 2.23. The molecule has 0 saturated heterocycles. The topological polar surface area (TPSA) is 61.0 Å². The number of halogens is 3. The molecule has 0 bridgehead atoms. The van der Waals surface area contributed by atoms with E-state index < -0.39 is 19.2 Å². The fraction of sp³-hybridized carbons (Fsp3) is 0.273. The number of para-hydroxylation sites is 2. The molecule has 0 aliphatic carbocycles. The Labute approximate surface area is 101 Å². The molecule has 0 spiro atoms. The van der Waals surface area contributed by atoms with E-state index in [4.69, 9.17) is 10.5 Å². The fourth-order valence-corrected chi connectivity index (χ4v) is 1.37. The number of hydrogen-bond acceptors (Lipinski definition) is 4. The lowest BCUT2D eigenvalue weighted by atomic mass is 10.3. The molecule has 2 N–H and O–H groups in total. The number of hydrogen-bond donors (Lipinski definition) is 1. The number of rotatable bonds is 3. The standard InChI is InChI=1S/C11H10F3N3O/c12-11(13,14)5-6-18-10-9(15)16-7-3-1-2-4-8(7)17-10/h1-4H,5-6H2,(H2,15,16). The van der Waals surface area contributed by atoms with Crippen LogP contribution in [0, 0.1) is 0 Å². The molecule has 4 nitrogen and oxygen atoms in total.